The van der Waals surface area contributed by atoms with Crippen molar-refractivity contribution in [1.29, 1.82) is 0 Å². The van der Waals surface area contributed by atoms with E-state index in [-0.39, 0.29) is 41.3 Å². The van der Waals surface area contributed by atoms with E-state index >= 15 is 0 Å². The summed E-state index contributed by atoms with van der Waals surface area (Å²) >= 11 is 0. The second kappa shape index (κ2) is 8.04. The normalized spacial score (nSPS) is 14.5. The number of nitrogens with zero attached hydrogens (tertiary/aromatic N) is 2. The number of amides is 1. The standard InChI is InChI=1S/C19H15F6N3O2/c20-18(21,22)12-5-10(6-13(7-12)19(23,24)25)9-27-17(30)14-3-4-26-16(28-14)8-15(29)11-1-2-11/h3-7,11H,1-2,8-9H2,(H,27,30). The minimum absolute atomic E-state index is 0.0128. The molecule has 1 aliphatic carbocycles. The van der Waals surface area contributed by atoms with Crippen LogP contribution in [0.15, 0.2) is 30.5 Å². The summed E-state index contributed by atoms with van der Waals surface area (Å²) in [5.41, 5.74) is -3.45. The van der Waals surface area contributed by atoms with Gasteiger partial charge < -0.3 is 5.32 Å². The quantitative estimate of drug-likeness (QED) is 0.703. The van der Waals surface area contributed by atoms with Crippen LogP contribution in [-0.2, 0) is 30.1 Å². The number of carbonyl (C=O) groups excluding carboxylic acids is 2. The van der Waals surface area contributed by atoms with Crippen molar-refractivity contribution in [2.75, 3.05) is 0 Å². The van der Waals surface area contributed by atoms with Crippen LogP contribution >= 0.6 is 0 Å². The van der Waals surface area contributed by atoms with Crippen molar-refractivity contribution in [3.05, 3.63) is 58.7 Å². The monoisotopic (exact) mass is 431 g/mol. The smallest absolute Gasteiger partial charge is 0.347 e. The minimum Gasteiger partial charge on any atom is -0.347 e. The van der Waals surface area contributed by atoms with E-state index in [4.69, 9.17) is 0 Å². The highest BCUT2D eigenvalue weighted by Gasteiger charge is 2.37. The third-order valence-corrected chi connectivity index (χ3v) is 4.40. The Morgan fingerprint density at radius 1 is 1.00 bits per heavy atom. The van der Waals surface area contributed by atoms with E-state index in [2.05, 4.69) is 15.3 Å². The molecule has 2 aromatic rings. The zero-order valence-electron chi connectivity index (χ0n) is 15.3. The van der Waals surface area contributed by atoms with E-state index in [1.54, 1.807) is 0 Å². The molecule has 1 amide bonds. The third-order valence-electron chi connectivity index (χ3n) is 4.40. The average Bonchev–Trinajstić information content (AvgIpc) is 3.50. The first-order valence-electron chi connectivity index (χ1n) is 8.84. The number of hydrogen-bond acceptors (Lipinski definition) is 4. The molecule has 1 aliphatic rings. The van der Waals surface area contributed by atoms with E-state index in [9.17, 15) is 35.9 Å². The molecular formula is C19H15F6N3O2. The summed E-state index contributed by atoms with van der Waals surface area (Å²) < 4.78 is 77.5. The Labute approximate surface area is 166 Å². The Bertz CT molecular complexity index is 935. The summed E-state index contributed by atoms with van der Waals surface area (Å²) in [6, 6.07) is 2.32. The molecule has 0 radical (unpaired) electrons. The molecule has 0 saturated heterocycles. The Hall–Kier alpha value is -2.98. The van der Waals surface area contributed by atoms with Crippen molar-refractivity contribution < 1.29 is 35.9 Å². The largest absolute Gasteiger partial charge is 0.416 e. The molecule has 1 aromatic heterocycles. The molecule has 0 spiro atoms. The highest BCUT2D eigenvalue weighted by Crippen LogP contribution is 2.36. The molecule has 0 bridgehead atoms. The van der Waals surface area contributed by atoms with Crippen LogP contribution in [0.5, 0.6) is 0 Å². The third kappa shape index (κ3) is 5.55. The van der Waals surface area contributed by atoms with Crippen LogP contribution in [0.1, 0.15) is 45.8 Å². The molecule has 0 atom stereocenters. The lowest BCUT2D eigenvalue weighted by Crippen LogP contribution is -2.25. The van der Waals surface area contributed by atoms with Gasteiger partial charge in [-0.1, -0.05) is 0 Å². The zero-order valence-corrected chi connectivity index (χ0v) is 15.3. The molecular weight excluding hydrogens is 416 g/mol. The summed E-state index contributed by atoms with van der Waals surface area (Å²) in [5, 5.41) is 2.24. The summed E-state index contributed by atoms with van der Waals surface area (Å²) in [7, 11) is 0. The van der Waals surface area contributed by atoms with E-state index in [1.165, 1.54) is 12.3 Å². The summed E-state index contributed by atoms with van der Waals surface area (Å²) in [6.45, 7) is -0.577. The van der Waals surface area contributed by atoms with Gasteiger partial charge in [-0.25, -0.2) is 9.97 Å². The topological polar surface area (TPSA) is 72.0 Å². The number of aromatic nitrogens is 2. The van der Waals surface area contributed by atoms with Crippen molar-refractivity contribution in [2.24, 2.45) is 5.92 Å². The summed E-state index contributed by atoms with van der Waals surface area (Å²) in [5.74, 6) is -0.757. The second-order valence-corrected chi connectivity index (χ2v) is 6.87. The van der Waals surface area contributed by atoms with Gasteiger partial charge >= 0.3 is 12.4 Å². The van der Waals surface area contributed by atoms with Gasteiger partial charge in [-0.3, -0.25) is 9.59 Å². The summed E-state index contributed by atoms with van der Waals surface area (Å²) in [4.78, 5) is 31.9. The van der Waals surface area contributed by atoms with Gasteiger partial charge in [0.05, 0.1) is 17.5 Å². The second-order valence-electron chi connectivity index (χ2n) is 6.87. The van der Waals surface area contributed by atoms with Gasteiger partial charge in [-0.2, -0.15) is 26.3 Å². The first kappa shape index (κ1) is 21.7. The molecule has 160 valence electrons. The van der Waals surface area contributed by atoms with Crippen LogP contribution in [-0.4, -0.2) is 21.7 Å². The van der Waals surface area contributed by atoms with Gasteiger partial charge in [0.25, 0.3) is 5.91 Å². The van der Waals surface area contributed by atoms with Crippen LogP contribution in [0, 0.1) is 5.92 Å². The Morgan fingerprint density at radius 2 is 1.60 bits per heavy atom. The predicted octanol–water partition coefficient (Wildman–Crippen LogP) is 3.97. The highest BCUT2D eigenvalue weighted by atomic mass is 19.4. The van der Waals surface area contributed by atoms with Gasteiger partial charge in [0, 0.05) is 18.7 Å². The van der Waals surface area contributed by atoms with Crippen molar-refractivity contribution in [3.8, 4) is 0 Å². The molecule has 30 heavy (non-hydrogen) atoms. The van der Waals surface area contributed by atoms with E-state index in [0.717, 1.165) is 12.8 Å². The predicted molar refractivity (Wildman–Crippen MR) is 91.1 cm³/mol. The Balaban J connectivity index is 1.73. The van der Waals surface area contributed by atoms with Gasteiger partial charge in [0.2, 0.25) is 0 Å². The van der Waals surface area contributed by atoms with E-state index < -0.39 is 35.9 Å². The number of alkyl halides is 6. The SMILES string of the molecule is O=C(NCc1cc(C(F)(F)F)cc(C(F)(F)F)c1)c1ccnc(CC(=O)C2CC2)n1. The maximum absolute atomic E-state index is 12.9. The van der Waals surface area contributed by atoms with Gasteiger partial charge in [0.15, 0.2) is 0 Å². The number of Topliss-reactive ketones (excluding diaryl/α,β-unsaturated/α-hetero) is 1. The first-order valence-corrected chi connectivity index (χ1v) is 8.84. The van der Waals surface area contributed by atoms with Crippen LogP contribution in [0.3, 0.4) is 0 Å². The number of halogens is 6. The van der Waals surface area contributed by atoms with Crippen LogP contribution in [0.25, 0.3) is 0 Å². The molecule has 1 heterocycles. The van der Waals surface area contributed by atoms with Crippen molar-refractivity contribution in [3.63, 3.8) is 0 Å². The van der Waals surface area contributed by atoms with Gasteiger partial charge in [-0.15, -0.1) is 0 Å². The Morgan fingerprint density at radius 3 is 2.13 bits per heavy atom. The fourth-order valence-electron chi connectivity index (χ4n) is 2.71. The zero-order chi connectivity index (χ0) is 22.1. The van der Waals surface area contributed by atoms with Crippen molar-refractivity contribution in [2.45, 2.75) is 38.2 Å². The van der Waals surface area contributed by atoms with Crippen molar-refractivity contribution in [1.82, 2.24) is 15.3 Å². The fraction of sp³-hybridized carbons (Fsp3) is 0.368. The maximum atomic E-state index is 12.9. The maximum Gasteiger partial charge on any atom is 0.416 e. The van der Waals surface area contributed by atoms with E-state index in [1.807, 2.05) is 0 Å². The fourth-order valence-corrected chi connectivity index (χ4v) is 2.71. The number of hydrogen-bond donors (Lipinski definition) is 1. The molecule has 0 aliphatic heterocycles. The number of carbonyl (C=O) groups is 2. The van der Waals surface area contributed by atoms with Gasteiger partial charge in [0.1, 0.15) is 17.3 Å². The molecule has 1 fully saturated rings. The first-order chi connectivity index (χ1) is 13.9. The van der Waals surface area contributed by atoms with Crippen LogP contribution in [0.4, 0.5) is 26.3 Å². The lowest BCUT2D eigenvalue weighted by atomic mass is 10.0. The molecule has 11 heteroatoms. The number of ketones is 1. The number of nitrogens with one attached hydrogen (secondary N) is 1. The average molecular weight is 431 g/mol. The van der Waals surface area contributed by atoms with Gasteiger partial charge in [-0.05, 0) is 42.7 Å². The lowest BCUT2D eigenvalue weighted by molar-refractivity contribution is -0.143. The number of rotatable bonds is 6. The molecule has 1 saturated carbocycles. The lowest BCUT2D eigenvalue weighted by Gasteiger charge is -2.14. The van der Waals surface area contributed by atoms with E-state index in [0.29, 0.717) is 12.1 Å². The number of benzene rings is 1. The minimum atomic E-state index is -4.98. The highest BCUT2D eigenvalue weighted by molar-refractivity contribution is 5.92. The summed E-state index contributed by atoms with van der Waals surface area (Å²) in [6.07, 6.45) is -7.14. The van der Waals surface area contributed by atoms with Crippen molar-refractivity contribution >= 4 is 11.7 Å². The molecule has 1 N–H and O–H groups in total. The Kier molecular flexibility index (Phi) is 5.82. The van der Waals surface area contributed by atoms with Crippen LogP contribution < -0.4 is 5.32 Å². The van der Waals surface area contributed by atoms with Crippen LogP contribution in [0.2, 0.25) is 0 Å². The molecule has 3 rings (SSSR count). The molecule has 5 nitrogen and oxygen atoms in total. The molecule has 0 unspecified atom stereocenters. The molecule has 1 aromatic carbocycles.